The van der Waals surface area contributed by atoms with Crippen molar-refractivity contribution in [2.45, 2.75) is 40.6 Å². The summed E-state index contributed by atoms with van der Waals surface area (Å²) in [5.74, 6) is 0. The predicted molar refractivity (Wildman–Crippen MR) is 66.7 cm³/mol. The molecule has 0 amide bonds. The number of hydrogen-bond acceptors (Lipinski definition) is 5. The molecule has 1 aromatic heterocycles. The average molecular weight is 346 g/mol. The van der Waals surface area contributed by atoms with E-state index in [9.17, 15) is 8.42 Å². The van der Waals surface area contributed by atoms with Crippen LogP contribution in [-0.2, 0) is 9.84 Å². The smallest absolute Gasteiger partial charge is 0.221 e. The molecule has 16 heavy (non-hydrogen) atoms. The third kappa shape index (κ3) is 2.42. The summed E-state index contributed by atoms with van der Waals surface area (Å²) in [4.78, 5) is 3.87. The van der Waals surface area contributed by atoms with Crippen molar-refractivity contribution in [3.05, 3.63) is 4.73 Å². The molecular formula is C8H10BrClN2O2S2. The number of hydrogen-bond donors (Lipinski definition) is 0. The third-order valence-corrected chi connectivity index (χ3v) is 7.28. The van der Waals surface area contributed by atoms with Crippen molar-refractivity contribution in [2.24, 2.45) is 0 Å². The zero-order valence-electron chi connectivity index (χ0n) is 8.27. The van der Waals surface area contributed by atoms with Gasteiger partial charge in [0.15, 0.2) is 0 Å². The van der Waals surface area contributed by atoms with E-state index in [1.807, 2.05) is 0 Å². The molecule has 0 spiro atoms. The minimum absolute atomic E-state index is 0.0666. The highest BCUT2D eigenvalue weighted by molar-refractivity contribution is 9.10. The number of nitrogens with zero attached hydrogens (tertiary/aromatic N) is 2. The fraction of sp³-hybridized carbons (Fsp3) is 0.750. The summed E-state index contributed by atoms with van der Waals surface area (Å²) in [5.41, 5.74) is 0. The molecule has 2 rings (SSSR count). The van der Waals surface area contributed by atoms with Crippen molar-refractivity contribution < 1.29 is 8.42 Å². The molecule has 2 atom stereocenters. The van der Waals surface area contributed by atoms with Gasteiger partial charge in [0.05, 0.1) is 10.6 Å². The van der Waals surface area contributed by atoms with Crippen molar-refractivity contribution in [3.8, 4) is 0 Å². The summed E-state index contributed by atoms with van der Waals surface area (Å²) in [6.07, 6.45) is 3.28. The Morgan fingerprint density at radius 1 is 1.38 bits per heavy atom. The molecule has 1 saturated carbocycles. The molecule has 0 aliphatic heterocycles. The molecule has 8 heteroatoms. The van der Waals surface area contributed by atoms with Crippen LogP contribution in [0.3, 0.4) is 0 Å². The Hall–Kier alpha value is 0.280. The molecule has 0 aromatic carbocycles. The van der Waals surface area contributed by atoms with Crippen LogP contribution >= 0.6 is 39.1 Å². The van der Waals surface area contributed by atoms with E-state index in [1.165, 1.54) is 0 Å². The second-order valence-corrected chi connectivity index (χ2v) is 8.08. The van der Waals surface area contributed by atoms with Gasteiger partial charge >= 0.3 is 0 Å². The Kier molecular flexibility index (Phi) is 3.88. The average Bonchev–Trinajstić information content (AvgIpc) is 2.66. The lowest BCUT2D eigenvalue weighted by Gasteiger charge is -2.25. The number of halogens is 2. The molecule has 0 N–H and O–H groups in total. The fourth-order valence-electron chi connectivity index (χ4n) is 1.84. The van der Waals surface area contributed by atoms with E-state index < -0.39 is 15.1 Å². The lowest BCUT2D eigenvalue weighted by Crippen LogP contribution is -2.33. The SMILES string of the molecule is O=S(=O)(c1nc(Br)ns1)[C@H]1CCCC[C@H]1Cl. The molecule has 0 saturated heterocycles. The van der Waals surface area contributed by atoms with E-state index in [4.69, 9.17) is 11.6 Å². The van der Waals surface area contributed by atoms with Crippen LogP contribution in [0, 0.1) is 0 Å². The van der Waals surface area contributed by atoms with Gasteiger partial charge in [-0.15, -0.1) is 11.6 Å². The number of sulfone groups is 1. The second kappa shape index (κ2) is 4.88. The number of rotatable bonds is 2. The van der Waals surface area contributed by atoms with Crippen LogP contribution in [0.1, 0.15) is 25.7 Å². The highest BCUT2D eigenvalue weighted by Crippen LogP contribution is 2.32. The normalized spacial score (nSPS) is 26.9. The van der Waals surface area contributed by atoms with E-state index in [2.05, 4.69) is 25.3 Å². The van der Waals surface area contributed by atoms with Gasteiger partial charge in [0.1, 0.15) is 0 Å². The Bertz CT molecular complexity index is 476. The monoisotopic (exact) mass is 344 g/mol. The maximum atomic E-state index is 12.2. The van der Waals surface area contributed by atoms with Crippen LogP contribution in [-0.4, -0.2) is 28.4 Å². The molecule has 0 bridgehead atoms. The summed E-state index contributed by atoms with van der Waals surface area (Å²) in [6.45, 7) is 0. The third-order valence-electron chi connectivity index (χ3n) is 2.65. The molecule has 0 unspecified atom stereocenters. The van der Waals surface area contributed by atoms with Gasteiger partial charge in [-0.2, -0.15) is 9.36 Å². The van der Waals surface area contributed by atoms with Gasteiger partial charge in [0, 0.05) is 0 Å². The van der Waals surface area contributed by atoms with E-state index in [0.29, 0.717) is 11.2 Å². The first-order valence-corrected chi connectivity index (χ1v) is 8.44. The Balaban J connectivity index is 2.31. The van der Waals surface area contributed by atoms with Gasteiger partial charge in [0.25, 0.3) is 0 Å². The molecule has 1 aromatic rings. The first-order valence-electron chi connectivity index (χ1n) is 4.89. The van der Waals surface area contributed by atoms with Gasteiger partial charge in [-0.05, 0) is 40.3 Å². The fourth-order valence-corrected chi connectivity index (χ4v) is 5.85. The maximum Gasteiger partial charge on any atom is 0.229 e. The highest BCUT2D eigenvalue weighted by Gasteiger charge is 2.37. The van der Waals surface area contributed by atoms with Crippen LogP contribution in [0.15, 0.2) is 9.07 Å². The topological polar surface area (TPSA) is 59.9 Å². The Morgan fingerprint density at radius 2 is 2.06 bits per heavy atom. The highest BCUT2D eigenvalue weighted by atomic mass is 79.9. The summed E-state index contributed by atoms with van der Waals surface area (Å²) in [5, 5.41) is -0.816. The predicted octanol–water partition coefficient (Wildman–Crippen LogP) is 2.62. The Morgan fingerprint density at radius 3 is 2.62 bits per heavy atom. The van der Waals surface area contributed by atoms with Gasteiger partial charge < -0.3 is 0 Å². The molecule has 4 nitrogen and oxygen atoms in total. The molecule has 0 radical (unpaired) electrons. The van der Waals surface area contributed by atoms with Crippen molar-refractivity contribution in [3.63, 3.8) is 0 Å². The minimum atomic E-state index is -3.41. The van der Waals surface area contributed by atoms with Crippen LogP contribution in [0.2, 0.25) is 0 Å². The summed E-state index contributed by atoms with van der Waals surface area (Å²) >= 11 is 10.0. The van der Waals surface area contributed by atoms with Crippen LogP contribution in [0.25, 0.3) is 0 Å². The molecular weight excluding hydrogens is 336 g/mol. The zero-order chi connectivity index (χ0) is 11.8. The van der Waals surface area contributed by atoms with E-state index >= 15 is 0 Å². The van der Waals surface area contributed by atoms with E-state index in [-0.39, 0.29) is 9.72 Å². The zero-order valence-corrected chi connectivity index (χ0v) is 12.2. The van der Waals surface area contributed by atoms with Crippen LogP contribution in [0.5, 0.6) is 0 Å². The molecule has 1 heterocycles. The lowest BCUT2D eigenvalue weighted by atomic mass is 10.00. The lowest BCUT2D eigenvalue weighted by molar-refractivity contribution is 0.489. The summed E-state index contributed by atoms with van der Waals surface area (Å²) < 4.78 is 28.6. The van der Waals surface area contributed by atoms with Crippen molar-refractivity contribution >= 4 is 48.9 Å². The number of alkyl halides is 1. The van der Waals surface area contributed by atoms with E-state index in [0.717, 1.165) is 30.8 Å². The molecule has 90 valence electrons. The molecule has 1 aliphatic carbocycles. The van der Waals surface area contributed by atoms with Crippen molar-refractivity contribution in [1.29, 1.82) is 0 Å². The quantitative estimate of drug-likeness (QED) is 0.773. The summed E-state index contributed by atoms with van der Waals surface area (Å²) in [6, 6.07) is 0. The maximum absolute atomic E-state index is 12.2. The van der Waals surface area contributed by atoms with Gasteiger partial charge in [-0.3, -0.25) is 0 Å². The van der Waals surface area contributed by atoms with Crippen molar-refractivity contribution in [1.82, 2.24) is 9.36 Å². The molecule has 1 fully saturated rings. The minimum Gasteiger partial charge on any atom is -0.221 e. The van der Waals surface area contributed by atoms with E-state index in [1.54, 1.807) is 0 Å². The second-order valence-electron chi connectivity index (χ2n) is 3.71. The van der Waals surface area contributed by atoms with Crippen LogP contribution < -0.4 is 0 Å². The van der Waals surface area contributed by atoms with Gasteiger partial charge in [-0.1, -0.05) is 12.8 Å². The van der Waals surface area contributed by atoms with Gasteiger partial charge in [-0.25, -0.2) is 8.42 Å². The summed E-state index contributed by atoms with van der Waals surface area (Å²) in [7, 11) is -3.41. The van der Waals surface area contributed by atoms with Gasteiger partial charge in [0.2, 0.25) is 18.9 Å². The standard InChI is InChI=1S/C8H10BrClN2O2S2/c9-7-11-8(15-12-7)16(13,14)6-4-2-1-3-5(6)10/h5-6H,1-4H2/t5-,6+/m1/s1. The number of aromatic nitrogens is 2. The Labute approximate surface area is 112 Å². The largest absolute Gasteiger partial charge is 0.229 e. The van der Waals surface area contributed by atoms with Crippen LogP contribution in [0.4, 0.5) is 0 Å². The first-order chi connectivity index (χ1) is 7.51. The molecule has 1 aliphatic rings. The first kappa shape index (κ1) is 12.7. The van der Waals surface area contributed by atoms with Crippen molar-refractivity contribution in [2.75, 3.05) is 0 Å².